The topological polar surface area (TPSA) is 95.9 Å². The highest BCUT2D eigenvalue weighted by atomic mass is 19.1. The maximum Gasteiger partial charge on any atom is 0.319 e. The Kier molecular flexibility index (Phi) is 7.66. The van der Waals surface area contributed by atoms with Crippen molar-refractivity contribution >= 4 is 27.5 Å². The third kappa shape index (κ3) is 5.48. The number of nitrogens with one attached hydrogen (secondary N) is 1. The molecule has 4 heterocycles. The Balaban J connectivity index is 1.64. The van der Waals surface area contributed by atoms with Gasteiger partial charge < -0.3 is 29.7 Å². The van der Waals surface area contributed by atoms with Gasteiger partial charge in [0.25, 0.3) is 0 Å². The van der Waals surface area contributed by atoms with Gasteiger partial charge >= 0.3 is 6.01 Å². The van der Waals surface area contributed by atoms with E-state index < -0.39 is 11.6 Å². The molecule has 2 bridgehead atoms. The Morgan fingerprint density at radius 1 is 1.12 bits per heavy atom. The summed E-state index contributed by atoms with van der Waals surface area (Å²) in [7, 11) is 3.85. The molecular formula is C32H34F2N6O3. The summed E-state index contributed by atoms with van der Waals surface area (Å²) >= 11 is 0. The van der Waals surface area contributed by atoms with Gasteiger partial charge in [-0.1, -0.05) is 12.0 Å². The number of hydrogen-bond donors (Lipinski definition) is 2. The van der Waals surface area contributed by atoms with Crippen LogP contribution in [0.1, 0.15) is 32.3 Å². The lowest BCUT2D eigenvalue weighted by Crippen LogP contribution is -2.51. The van der Waals surface area contributed by atoms with Crippen LogP contribution in [0.5, 0.6) is 17.6 Å². The molecule has 2 atom stereocenters. The SMILES string of the molecule is C#Cc1c(F)ccc2cc(O)cc(-c3nc(OC(C)C)c4c(N5CC6CCC(C5)N6)nc(OCCN(C)C)nc4c3F)c12. The minimum Gasteiger partial charge on any atom is -0.508 e. The quantitative estimate of drug-likeness (QED) is 0.289. The van der Waals surface area contributed by atoms with Crippen LogP contribution in [-0.2, 0) is 0 Å². The van der Waals surface area contributed by atoms with Crippen molar-refractivity contribution in [1.82, 2.24) is 25.2 Å². The second kappa shape index (κ2) is 11.4. The van der Waals surface area contributed by atoms with E-state index >= 15 is 4.39 Å². The molecule has 43 heavy (non-hydrogen) atoms. The number of rotatable bonds is 8. The molecule has 0 aliphatic carbocycles. The molecule has 9 nitrogen and oxygen atoms in total. The van der Waals surface area contributed by atoms with E-state index in [0.717, 1.165) is 12.8 Å². The van der Waals surface area contributed by atoms with E-state index in [1.807, 2.05) is 32.8 Å². The number of phenolic OH excluding ortho intramolecular Hbond substituents is 1. The van der Waals surface area contributed by atoms with Crippen molar-refractivity contribution in [2.24, 2.45) is 0 Å². The summed E-state index contributed by atoms with van der Waals surface area (Å²) in [6.45, 7) is 5.93. The number of terminal acetylenes is 1. The number of halogens is 2. The molecule has 2 saturated heterocycles. The maximum absolute atomic E-state index is 16.9. The fourth-order valence-electron chi connectivity index (χ4n) is 5.93. The number of nitrogens with zero attached hydrogens (tertiary/aromatic N) is 5. The van der Waals surface area contributed by atoms with Gasteiger partial charge in [-0.2, -0.15) is 9.97 Å². The van der Waals surface area contributed by atoms with Crippen LogP contribution in [0.2, 0.25) is 0 Å². The molecule has 11 heteroatoms. The zero-order chi connectivity index (χ0) is 30.4. The van der Waals surface area contributed by atoms with Gasteiger partial charge in [0.2, 0.25) is 5.88 Å². The van der Waals surface area contributed by atoms with Gasteiger partial charge in [-0.3, -0.25) is 0 Å². The van der Waals surface area contributed by atoms with Crippen LogP contribution in [0, 0.1) is 24.0 Å². The van der Waals surface area contributed by atoms with Crippen LogP contribution >= 0.6 is 0 Å². The number of phenols is 1. The number of piperazine rings is 1. The second-order valence-corrected chi connectivity index (χ2v) is 11.7. The highest BCUT2D eigenvalue weighted by molar-refractivity contribution is 6.04. The van der Waals surface area contributed by atoms with Crippen LogP contribution in [-0.4, -0.2) is 83.5 Å². The van der Waals surface area contributed by atoms with Gasteiger partial charge in [-0.25, -0.2) is 13.8 Å². The van der Waals surface area contributed by atoms with E-state index in [-0.39, 0.29) is 63.6 Å². The van der Waals surface area contributed by atoms with Crippen molar-refractivity contribution in [3.63, 3.8) is 0 Å². The van der Waals surface area contributed by atoms with Gasteiger partial charge in [-0.05, 0) is 64.4 Å². The third-order valence-electron chi connectivity index (χ3n) is 7.80. The van der Waals surface area contributed by atoms with Crippen LogP contribution in [0.4, 0.5) is 14.6 Å². The molecule has 2 aromatic carbocycles. The fraction of sp³-hybridized carbons (Fsp3) is 0.406. The number of aromatic nitrogens is 3. The summed E-state index contributed by atoms with van der Waals surface area (Å²) in [5.74, 6) is 1.40. The van der Waals surface area contributed by atoms with Gasteiger partial charge in [0.05, 0.1) is 11.7 Å². The number of aromatic hydroxyl groups is 1. The lowest BCUT2D eigenvalue weighted by Gasteiger charge is -2.34. The number of likely N-dealkylation sites (N-methyl/N-ethyl adjacent to an activating group) is 1. The van der Waals surface area contributed by atoms with E-state index in [1.165, 1.54) is 24.3 Å². The van der Waals surface area contributed by atoms with E-state index in [1.54, 1.807) is 0 Å². The van der Waals surface area contributed by atoms with Crippen LogP contribution in [0.3, 0.4) is 0 Å². The Hall–Kier alpha value is -4.27. The number of ether oxygens (including phenoxy) is 2. The second-order valence-electron chi connectivity index (χ2n) is 11.7. The zero-order valence-corrected chi connectivity index (χ0v) is 24.6. The average molecular weight is 589 g/mol. The molecule has 2 unspecified atom stereocenters. The normalized spacial score (nSPS) is 18.2. The monoisotopic (exact) mass is 588 g/mol. The van der Waals surface area contributed by atoms with E-state index in [9.17, 15) is 9.50 Å². The molecule has 2 N–H and O–H groups in total. The number of benzene rings is 2. The molecule has 0 amide bonds. The molecule has 2 aliphatic rings. The maximum atomic E-state index is 16.9. The Labute approximate surface area is 248 Å². The Morgan fingerprint density at radius 2 is 1.86 bits per heavy atom. The highest BCUT2D eigenvalue weighted by Gasteiger charge is 2.35. The van der Waals surface area contributed by atoms with E-state index in [2.05, 4.69) is 26.1 Å². The van der Waals surface area contributed by atoms with Gasteiger partial charge in [0.15, 0.2) is 5.82 Å². The van der Waals surface area contributed by atoms with Crippen LogP contribution in [0.25, 0.3) is 32.9 Å². The molecule has 224 valence electrons. The van der Waals surface area contributed by atoms with Gasteiger partial charge in [0, 0.05) is 42.7 Å². The first-order valence-corrected chi connectivity index (χ1v) is 14.4. The fourth-order valence-corrected chi connectivity index (χ4v) is 5.93. The van der Waals surface area contributed by atoms with Crippen molar-refractivity contribution in [3.8, 4) is 41.2 Å². The van der Waals surface area contributed by atoms with Crippen molar-refractivity contribution in [2.75, 3.05) is 45.2 Å². The number of anilines is 1. The van der Waals surface area contributed by atoms with E-state index in [0.29, 0.717) is 42.8 Å². The standard InChI is InChI=1S/C32H34F2N6O3/c1-6-22-24(33)10-7-18-13-21(41)14-23(25(18)22)28-27(34)29-26(31(36-28)43-17(2)3)30(38-32(37-29)42-12-11-39(4)5)40-15-19-8-9-20(16-40)35-19/h1,7,10,13-14,17,19-20,35,41H,8-9,11-12,15-16H2,2-5H3. The first-order valence-electron chi connectivity index (χ1n) is 14.4. The summed E-state index contributed by atoms with van der Waals surface area (Å²) in [5.41, 5.74) is -0.180. The summed E-state index contributed by atoms with van der Waals surface area (Å²) in [6, 6.07) is 6.05. The Bertz CT molecular complexity index is 1740. The summed E-state index contributed by atoms with van der Waals surface area (Å²) < 4.78 is 43.9. The van der Waals surface area contributed by atoms with Crippen LogP contribution in [0.15, 0.2) is 24.3 Å². The predicted molar refractivity (Wildman–Crippen MR) is 162 cm³/mol. The minimum atomic E-state index is -0.788. The van der Waals surface area contributed by atoms with Gasteiger partial charge in [-0.15, -0.1) is 6.42 Å². The van der Waals surface area contributed by atoms with Crippen molar-refractivity contribution in [3.05, 3.63) is 41.5 Å². The summed E-state index contributed by atoms with van der Waals surface area (Å²) in [5, 5.41) is 15.2. The Morgan fingerprint density at radius 3 is 2.53 bits per heavy atom. The van der Waals surface area contributed by atoms with E-state index in [4.69, 9.17) is 20.9 Å². The van der Waals surface area contributed by atoms with Crippen molar-refractivity contribution in [2.45, 2.75) is 44.9 Å². The zero-order valence-electron chi connectivity index (χ0n) is 24.6. The number of pyridine rings is 1. The molecule has 2 fully saturated rings. The molecule has 0 radical (unpaired) electrons. The van der Waals surface area contributed by atoms with Crippen molar-refractivity contribution < 1.29 is 23.4 Å². The molecule has 4 aromatic rings. The molecule has 2 aliphatic heterocycles. The summed E-state index contributed by atoms with van der Waals surface area (Å²) in [6.07, 6.45) is 7.46. The van der Waals surface area contributed by atoms with Crippen LogP contribution < -0.4 is 19.7 Å². The van der Waals surface area contributed by atoms with Gasteiger partial charge in [0.1, 0.15) is 40.6 Å². The first-order chi connectivity index (χ1) is 20.6. The molecule has 2 aromatic heterocycles. The highest BCUT2D eigenvalue weighted by Crippen LogP contribution is 2.42. The molecular weight excluding hydrogens is 554 g/mol. The largest absolute Gasteiger partial charge is 0.508 e. The minimum absolute atomic E-state index is 0.0258. The van der Waals surface area contributed by atoms with Crippen molar-refractivity contribution in [1.29, 1.82) is 0 Å². The number of fused-ring (bicyclic) bond motifs is 4. The number of hydrogen-bond acceptors (Lipinski definition) is 9. The average Bonchev–Trinajstić information content (AvgIpc) is 3.30. The first kappa shape index (κ1) is 28.8. The lowest BCUT2D eigenvalue weighted by molar-refractivity contribution is 0.235. The molecule has 0 saturated carbocycles. The predicted octanol–water partition coefficient (Wildman–Crippen LogP) is 4.48. The lowest BCUT2D eigenvalue weighted by atomic mass is 9.95. The summed E-state index contributed by atoms with van der Waals surface area (Å²) in [4.78, 5) is 18.0. The third-order valence-corrected chi connectivity index (χ3v) is 7.80. The smallest absolute Gasteiger partial charge is 0.319 e. The molecule has 6 rings (SSSR count). The molecule has 0 spiro atoms.